The third-order valence-corrected chi connectivity index (χ3v) is 3.57. The first-order chi connectivity index (χ1) is 10.1. The maximum Gasteiger partial charge on any atom is 0.273 e. The number of aryl methyl sites for hydroxylation is 1. The number of thiazole rings is 1. The second-order valence-corrected chi connectivity index (χ2v) is 5.49. The van der Waals surface area contributed by atoms with Crippen LogP contribution in [0, 0.1) is 18.8 Å². The maximum atomic E-state index is 12.5. The van der Waals surface area contributed by atoms with Gasteiger partial charge < -0.3 is 10.6 Å². The number of pyridine rings is 1. The molecule has 0 aliphatic rings. The average Bonchev–Trinajstić information content (AvgIpc) is 2.89. The van der Waals surface area contributed by atoms with Gasteiger partial charge in [0.2, 0.25) is 0 Å². The molecule has 0 bridgehead atoms. The van der Waals surface area contributed by atoms with Gasteiger partial charge in [-0.15, -0.1) is 11.3 Å². The smallest absolute Gasteiger partial charge is 0.273 e. The lowest BCUT2D eigenvalue weighted by Crippen LogP contribution is -2.28. The standard InChI is InChI=1S/C15H16N4OS/c1-11-18-13(10-21-11)9-19(2)15(20)14-12(5-3-7-16)6-4-8-17-14/h4,6,8,10H,7,9,16H2,1-2H3. The quantitative estimate of drug-likeness (QED) is 0.870. The molecule has 0 aliphatic heterocycles. The molecule has 2 heterocycles. The topological polar surface area (TPSA) is 72.1 Å². The molecule has 0 spiro atoms. The van der Waals surface area contributed by atoms with Crippen molar-refractivity contribution in [3.05, 3.63) is 45.7 Å². The summed E-state index contributed by atoms with van der Waals surface area (Å²) in [7, 11) is 1.73. The predicted molar refractivity (Wildman–Crippen MR) is 82.8 cm³/mol. The van der Waals surface area contributed by atoms with Crippen molar-refractivity contribution < 1.29 is 4.79 Å². The Kier molecular flexibility index (Phi) is 5.04. The summed E-state index contributed by atoms with van der Waals surface area (Å²) in [5, 5.41) is 2.94. The number of nitrogens with zero attached hydrogens (tertiary/aromatic N) is 3. The van der Waals surface area contributed by atoms with Crippen molar-refractivity contribution in [2.45, 2.75) is 13.5 Å². The molecule has 108 valence electrons. The normalized spacial score (nSPS) is 9.86. The van der Waals surface area contributed by atoms with Crippen molar-refractivity contribution in [2.24, 2.45) is 5.73 Å². The summed E-state index contributed by atoms with van der Waals surface area (Å²) in [6.07, 6.45) is 1.59. The third-order valence-electron chi connectivity index (χ3n) is 2.75. The largest absolute Gasteiger partial charge is 0.334 e. The molecule has 2 rings (SSSR count). The molecule has 2 aromatic rings. The third kappa shape index (κ3) is 3.88. The zero-order valence-corrected chi connectivity index (χ0v) is 12.8. The van der Waals surface area contributed by atoms with Crippen molar-refractivity contribution in [2.75, 3.05) is 13.6 Å². The van der Waals surface area contributed by atoms with E-state index in [0.29, 0.717) is 17.8 Å². The molecule has 0 fully saturated rings. The van der Waals surface area contributed by atoms with Crippen LogP contribution in [0.2, 0.25) is 0 Å². The first-order valence-electron chi connectivity index (χ1n) is 6.42. The number of aromatic nitrogens is 2. The van der Waals surface area contributed by atoms with E-state index in [1.165, 1.54) is 0 Å². The Morgan fingerprint density at radius 3 is 3.00 bits per heavy atom. The van der Waals surface area contributed by atoms with Crippen molar-refractivity contribution in [3.63, 3.8) is 0 Å². The molecule has 1 amide bonds. The minimum atomic E-state index is -0.178. The van der Waals surface area contributed by atoms with Crippen LogP contribution in [0.1, 0.15) is 26.8 Å². The lowest BCUT2D eigenvalue weighted by molar-refractivity contribution is 0.0777. The van der Waals surface area contributed by atoms with E-state index in [1.807, 2.05) is 12.3 Å². The number of amides is 1. The van der Waals surface area contributed by atoms with Gasteiger partial charge in [0, 0.05) is 18.6 Å². The van der Waals surface area contributed by atoms with Gasteiger partial charge in [0.05, 0.1) is 29.4 Å². The van der Waals surface area contributed by atoms with Crippen LogP contribution < -0.4 is 5.73 Å². The van der Waals surface area contributed by atoms with Crippen LogP contribution in [0.3, 0.4) is 0 Å². The predicted octanol–water partition coefficient (Wildman–Crippen LogP) is 1.43. The van der Waals surface area contributed by atoms with Crippen molar-refractivity contribution in [1.29, 1.82) is 0 Å². The minimum absolute atomic E-state index is 0.178. The summed E-state index contributed by atoms with van der Waals surface area (Å²) in [6.45, 7) is 2.63. The fourth-order valence-electron chi connectivity index (χ4n) is 1.80. The van der Waals surface area contributed by atoms with Gasteiger partial charge in [0.25, 0.3) is 5.91 Å². The summed E-state index contributed by atoms with van der Waals surface area (Å²) in [6, 6.07) is 3.52. The van der Waals surface area contributed by atoms with E-state index in [9.17, 15) is 4.79 Å². The minimum Gasteiger partial charge on any atom is -0.334 e. The number of carbonyl (C=O) groups excluding carboxylic acids is 1. The molecule has 0 unspecified atom stereocenters. The summed E-state index contributed by atoms with van der Waals surface area (Å²) >= 11 is 1.57. The Balaban J connectivity index is 2.19. The fraction of sp³-hybridized carbons (Fsp3) is 0.267. The number of carbonyl (C=O) groups is 1. The monoisotopic (exact) mass is 300 g/mol. The van der Waals surface area contributed by atoms with Crippen molar-refractivity contribution >= 4 is 17.2 Å². The summed E-state index contributed by atoms with van der Waals surface area (Å²) < 4.78 is 0. The Morgan fingerprint density at radius 2 is 2.33 bits per heavy atom. The lowest BCUT2D eigenvalue weighted by Gasteiger charge is -2.16. The fourth-order valence-corrected chi connectivity index (χ4v) is 2.40. The summed E-state index contributed by atoms with van der Waals surface area (Å²) in [5.41, 5.74) is 7.18. The molecule has 0 radical (unpaired) electrons. The average molecular weight is 300 g/mol. The summed E-state index contributed by atoms with van der Waals surface area (Å²) in [5.74, 6) is 5.45. The van der Waals surface area contributed by atoms with Crippen molar-refractivity contribution in [1.82, 2.24) is 14.9 Å². The number of hydrogen-bond acceptors (Lipinski definition) is 5. The molecule has 0 saturated carbocycles. The molecule has 0 atom stereocenters. The molecular formula is C15H16N4OS. The highest BCUT2D eigenvalue weighted by Crippen LogP contribution is 2.12. The Labute approximate surface area is 127 Å². The Bertz CT molecular complexity index is 699. The van der Waals surface area contributed by atoms with E-state index in [0.717, 1.165) is 10.7 Å². The van der Waals surface area contributed by atoms with Crippen LogP contribution in [0.5, 0.6) is 0 Å². The molecule has 0 aliphatic carbocycles. The van der Waals surface area contributed by atoms with Crippen LogP contribution in [-0.2, 0) is 6.54 Å². The SMILES string of the molecule is Cc1nc(CN(C)C(=O)c2ncccc2C#CCN)cs1. The highest BCUT2D eigenvalue weighted by molar-refractivity contribution is 7.09. The van der Waals surface area contributed by atoms with Gasteiger partial charge in [0.15, 0.2) is 0 Å². The first kappa shape index (κ1) is 15.2. The molecule has 0 saturated heterocycles. The van der Waals surface area contributed by atoms with Crippen LogP contribution in [0.25, 0.3) is 0 Å². The van der Waals surface area contributed by atoms with Gasteiger partial charge in [-0.05, 0) is 19.1 Å². The number of hydrogen-bond donors (Lipinski definition) is 1. The van der Waals surface area contributed by atoms with Gasteiger partial charge in [0.1, 0.15) is 5.69 Å². The zero-order chi connectivity index (χ0) is 15.2. The molecule has 5 nitrogen and oxygen atoms in total. The Hall–Kier alpha value is -2.23. The molecule has 21 heavy (non-hydrogen) atoms. The summed E-state index contributed by atoms with van der Waals surface area (Å²) in [4.78, 5) is 22.6. The van der Waals surface area contributed by atoms with Gasteiger partial charge >= 0.3 is 0 Å². The van der Waals surface area contributed by atoms with E-state index in [1.54, 1.807) is 41.6 Å². The van der Waals surface area contributed by atoms with E-state index in [4.69, 9.17) is 5.73 Å². The van der Waals surface area contributed by atoms with Crippen LogP contribution in [0.15, 0.2) is 23.7 Å². The van der Waals surface area contributed by atoms with E-state index < -0.39 is 0 Å². The zero-order valence-electron chi connectivity index (χ0n) is 12.0. The van der Waals surface area contributed by atoms with Crippen LogP contribution in [0.4, 0.5) is 0 Å². The number of nitrogens with two attached hydrogens (primary N) is 1. The van der Waals surface area contributed by atoms with E-state index in [-0.39, 0.29) is 12.5 Å². The second-order valence-electron chi connectivity index (χ2n) is 4.42. The highest BCUT2D eigenvalue weighted by atomic mass is 32.1. The van der Waals surface area contributed by atoms with Gasteiger partial charge in [-0.2, -0.15) is 0 Å². The second kappa shape index (κ2) is 6.97. The van der Waals surface area contributed by atoms with E-state index >= 15 is 0 Å². The van der Waals surface area contributed by atoms with Gasteiger partial charge in [-0.3, -0.25) is 4.79 Å². The lowest BCUT2D eigenvalue weighted by atomic mass is 10.1. The molecular weight excluding hydrogens is 284 g/mol. The molecule has 0 aromatic carbocycles. The maximum absolute atomic E-state index is 12.5. The van der Waals surface area contributed by atoms with E-state index in [2.05, 4.69) is 21.8 Å². The Morgan fingerprint density at radius 1 is 1.52 bits per heavy atom. The van der Waals surface area contributed by atoms with Gasteiger partial charge in [-0.1, -0.05) is 11.8 Å². The van der Waals surface area contributed by atoms with Crippen LogP contribution in [-0.4, -0.2) is 34.4 Å². The molecule has 2 aromatic heterocycles. The van der Waals surface area contributed by atoms with Crippen molar-refractivity contribution in [3.8, 4) is 11.8 Å². The molecule has 2 N–H and O–H groups in total. The molecule has 6 heteroatoms. The first-order valence-corrected chi connectivity index (χ1v) is 7.30. The number of rotatable bonds is 3. The van der Waals surface area contributed by atoms with Crippen LogP contribution >= 0.6 is 11.3 Å². The van der Waals surface area contributed by atoms with Gasteiger partial charge in [-0.25, -0.2) is 9.97 Å². The highest BCUT2D eigenvalue weighted by Gasteiger charge is 2.17.